The van der Waals surface area contributed by atoms with Crippen LogP contribution in [0.2, 0.25) is 5.02 Å². The molecular weight excluding hydrogens is 501 g/mol. The van der Waals surface area contributed by atoms with Gasteiger partial charge in [-0.1, -0.05) is 18.5 Å². The van der Waals surface area contributed by atoms with Crippen molar-refractivity contribution in [1.82, 2.24) is 4.98 Å². The van der Waals surface area contributed by atoms with Crippen molar-refractivity contribution in [3.8, 4) is 11.5 Å². The molecule has 0 radical (unpaired) electrons. The number of aryl methyl sites for hydroxylation is 1. The van der Waals surface area contributed by atoms with Crippen molar-refractivity contribution in [2.45, 2.75) is 31.5 Å². The average Bonchev–Trinajstić information content (AvgIpc) is 2.76. The van der Waals surface area contributed by atoms with Crippen LogP contribution in [0.3, 0.4) is 0 Å². The summed E-state index contributed by atoms with van der Waals surface area (Å²) in [6, 6.07) is 4.99. The maximum absolute atomic E-state index is 14.8. The Morgan fingerprint density at radius 1 is 1.11 bits per heavy atom. The fraction of sp³-hybridized carbons (Fsp3) is 0.217. The van der Waals surface area contributed by atoms with Crippen molar-refractivity contribution >= 4 is 17.6 Å². The number of pyridine rings is 1. The Morgan fingerprint density at radius 2 is 1.77 bits per heavy atom. The number of aromatic amines is 1. The van der Waals surface area contributed by atoms with Crippen LogP contribution in [0, 0.1) is 18.6 Å². The summed E-state index contributed by atoms with van der Waals surface area (Å²) >= 11 is 6.13. The molecule has 0 amide bonds. The largest absolute Gasteiger partial charge is 0.478 e. The van der Waals surface area contributed by atoms with Crippen LogP contribution in [0.1, 0.15) is 39.9 Å². The Balaban J connectivity index is 2.03. The van der Waals surface area contributed by atoms with Crippen LogP contribution in [0.15, 0.2) is 47.4 Å². The Bertz CT molecular complexity index is 1360. The Kier molecular flexibility index (Phi) is 6.96. The fourth-order valence-corrected chi connectivity index (χ4v) is 3.83. The Morgan fingerprint density at radius 3 is 2.31 bits per heavy atom. The molecule has 2 atom stereocenters. The number of rotatable bonds is 6. The molecule has 1 heterocycles. The normalized spacial score (nSPS) is 14.3. The molecule has 0 fully saturated rings. The third-order valence-electron chi connectivity index (χ3n) is 5.50. The van der Waals surface area contributed by atoms with Gasteiger partial charge in [-0.15, -0.1) is 0 Å². The summed E-state index contributed by atoms with van der Waals surface area (Å²) in [6.45, 7) is 2.24. The zero-order valence-electron chi connectivity index (χ0n) is 18.0. The second-order valence-corrected chi connectivity index (χ2v) is 8.15. The first-order chi connectivity index (χ1) is 16.2. The van der Waals surface area contributed by atoms with Gasteiger partial charge >= 0.3 is 12.1 Å². The van der Waals surface area contributed by atoms with E-state index in [1.807, 2.05) is 0 Å². The lowest BCUT2D eigenvalue weighted by Crippen LogP contribution is -2.47. The fourth-order valence-electron chi connectivity index (χ4n) is 3.52. The van der Waals surface area contributed by atoms with E-state index in [-0.39, 0.29) is 11.3 Å². The van der Waals surface area contributed by atoms with Crippen molar-refractivity contribution in [3.63, 3.8) is 0 Å². The Hall–Kier alpha value is -3.44. The number of carboxylic acids is 1. The number of aliphatic hydroxyl groups is 1. The molecule has 2 aromatic carbocycles. The quantitative estimate of drug-likeness (QED) is 0.366. The van der Waals surface area contributed by atoms with E-state index >= 15 is 0 Å². The minimum Gasteiger partial charge on any atom is -0.478 e. The maximum atomic E-state index is 14.8. The molecule has 35 heavy (non-hydrogen) atoms. The van der Waals surface area contributed by atoms with E-state index in [0.29, 0.717) is 12.1 Å². The number of carboxylic acid groups (broad SMARTS) is 1. The first-order valence-electron chi connectivity index (χ1n) is 9.85. The van der Waals surface area contributed by atoms with Crippen LogP contribution < -0.4 is 10.3 Å². The zero-order chi connectivity index (χ0) is 26.3. The molecule has 0 spiro atoms. The van der Waals surface area contributed by atoms with E-state index < -0.39 is 68.3 Å². The molecule has 0 aliphatic rings. The summed E-state index contributed by atoms with van der Waals surface area (Å²) in [7, 11) is 0. The van der Waals surface area contributed by atoms with E-state index in [4.69, 9.17) is 21.4 Å². The molecule has 3 N–H and O–H groups in total. The molecule has 3 aromatic rings. The number of halogens is 6. The summed E-state index contributed by atoms with van der Waals surface area (Å²) in [4.78, 5) is 24.6. The highest BCUT2D eigenvalue weighted by molar-refractivity contribution is 6.31. The number of H-pyrrole nitrogens is 1. The minimum atomic E-state index is -5.25. The average molecular weight is 518 g/mol. The summed E-state index contributed by atoms with van der Waals surface area (Å²) in [5.74, 6) is -6.59. The molecule has 0 aliphatic carbocycles. The number of nitrogens with one attached hydrogen (secondary N) is 1. The summed E-state index contributed by atoms with van der Waals surface area (Å²) in [5.41, 5.74) is -6.04. The number of aromatic carboxylic acids is 1. The van der Waals surface area contributed by atoms with E-state index in [0.717, 1.165) is 37.4 Å². The molecule has 186 valence electrons. The predicted octanol–water partition coefficient (Wildman–Crippen LogP) is 5.66. The molecule has 2 unspecified atom stereocenters. The van der Waals surface area contributed by atoms with E-state index in [2.05, 4.69) is 4.98 Å². The van der Waals surface area contributed by atoms with Crippen molar-refractivity contribution in [3.05, 3.63) is 91.9 Å². The van der Waals surface area contributed by atoms with Crippen molar-refractivity contribution in [2.24, 2.45) is 0 Å². The lowest BCUT2D eigenvalue weighted by molar-refractivity contribution is -0.274. The van der Waals surface area contributed by atoms with Gasteiger partial charge < -0.3 is 19.9 Å². The van der Waals surface area contributed by atoms with Gasteiger partial charge in [0.2, 0.25) is 0 Å². The van der Waals surface area contributed by atoms with Crippen molar-refractivity contribution in [2.75, 3.05) is 0 Å². The van der Waals surface area contributed by atoms with Crippen LogP contribution in [-0.2, 0) is 5.60 Å². The van der Waals surface area contributed by atoms with Crippen LogP contribution in [-0.4, -0.2) is 27.3 Å². The monoisotopic (exact) mass is 517 g/mol. The molecule has 1 aromatic heterocycles. The van der Waals surface area contributed by atoms with E-state index in [1.165, 1.54) is 6.92 Å². The second kappa shape index (κ2) is 9.31. The number of hydrogen-bond donors (Lipinski definition) is 3. The number of alkyl halides is 3. The van der Waals surface area contributed by atoms with Gasteiger partial charge in [-0.2, -0.15) is 13.2 Å². The molecule has 3 rings (SSSR count). The van der Waals surface area contributed by atoms with E-state index in [1.54, 1.807) is 0 Å². The van der Waals surface area contributed by atoms with E-state index in [9.17, 15) is 36.6 Å². The van der Waals surface area contributed by atoms with Crippen LogP contribution in [0.5, 0.6) is 11.5 Å². The SMILES string of the molecule is Cc1cc(C(O)(C(C)c2cc(F)c(Oc3ccc(C(=O)O)c(F)c3)cc2Cl)C(F)(F)F)c[nH]c1=O. The number of aromatic nitrogens is 1. The van der Waals surface area contributed by atoms with Crippen molar-refractivity contribution < 1.29 is 41.7 Å². The summed E-state index contributed by atoms with van der Waals surface area (Å²) in [5, 5.41) is 19.3. The standard InChI is InChI=1S/C23H17ClF5NO5/c1-10-5-12(9-30-20(10)31)22(34,23(27,28)29)11(2)15-7-18(26)19(8-16(15)24)35-13-3-4-14(21(32)33)17(25)6-13/h3-9,11,34H,1-2H3,(H,30,31)(H,32,33). The number of benzene rings is 2. The maximum Gasteiger partial charge on any atom is 0.422 e. The lowest BCUT2D eigenvalue weighted by Gasteiger charge is -2.37. The third kappa shape index (κ3) is 4.87. The molecule has 0 saturated carbocycles. The number of ether oxygens (including phenoxy) is 1. The first-order valence-corrected chi connectivity index (χ1v) is 10.2. The van der Waals surface area contributed by atoms with Gasteiger partial charge in [0.1, 0.15) is 11.6 Å². The summed E-state index contributed by atoms with van der Waals surface area (Å²) in [6.07, 6.45) is -4.54. The first kappa shape index (κ1) is 26.2. The smallest absolute Gasteiger partial charge is 0.422 e. The Labute approximate surface area is 199 Å². The van der Waals surface area contributed by atoms with Crippen LogP contribution in [0.25, 0.3) is 0 Å². The third-order valence-corrected chi connectivity index (χ3v) is 5.83. The predicted molar refractivity (Wildman–Crippen MR) is 115 cm³/mol. The van der Waals surface area contributed by atoms with Crippen molar-refractivity contribution in [1.29, 1.82) is 0 Å². The molecule has 0 aliphatic heterocycles. The molecule has 6 nitrogen and oxygen atoms in total. The topological polar surface area (TPSA) is 99.6 Å². The molecule has 0 bridgehead atoms. The molecular formula is C23H17ClF5NO5. The number of hydrogen-bond acceptors (Lipinski definition) is 4. The van der Waals surface area contributed by atoms with Gasteiger partial charge in [0.15, 0.2) is 17.2 Å². The minimum absolute atomic E-state index is 0.0838. The van der Waals surface area contributed by atoms with Gasteiger partial charge in [-0.25, -0.2) is 13.6 Å². The number of carbonyl (C=O) groups is 1. The molecule has 0 saturated heterocycles. The van der Waals surface area contributed by atoms with Gasteiger partial charge in [-0.05, 0) is 36.8 Å². The lowest BCUT2D eigenvalue weighted by atomic mass is 9.78. The van der Waals surface area contributed by atoms with Gasteiger partial charge in [0.25, 0.3) is 5.56 Å². The highest BCUT2D eigenvalue weighted by Gasteiger charge is 2.59. The highest BCUT2D eigenvalue weighted by Crippen LogP contribution is 2.50. The van der Waals surface area contributed by atoms with Gasteiger partial charge in [-0.3, -0.25) is 4.79 Å². The highest BCUT2D eigenvalue weighted by atomic mass is 35.5. The molecule has 12 heteroatoms. The van der Waals surface area contributed by atoms with Crippen LogP contribution in [0.4, 0.5) is 22.0 Å². The van der Waals surface area contributed by atoms with Crippen LogP contribution >= 0.6 is 11.6 Å². The van der Waals surface area contributed by atoms with Gasteiger partial charge in [0, 0.05) is 40.4 Å². The van der Waals surface area contributed by atoms with Gasteiger partial charge in [0.05, 0.1) is 5.56 Å². The zero-order valence-corrected chi connectivity index (χ0v) is 18.8. The summed E-state index contributed by atoms with van der Waals surface area (Å²) < 4.78 is 76.2. The second-order valence-electron chi connectivity index (χ2n) is 7.74.